The molecule has 0 saturated heterocycles. The van der Waals surface area contributed by atoms with E-state index in [4.69, 9.17) is 4.98 Å². The standard InChI is InChI=1S/C36H25N5/c1-40-35-28(26-10-8-19-37-23-26)13-7-15-32(35)39-36(40)25-17-18-30-29-12-2-3-16-33(29)41(34(30)22-25)27-11-6-9-24(21-27)31-14-4-5-20-38-31/h2-23H,1H3. The monoisotopic (exact) mass is 527 g/mol. The summed E-state index contributed by atoms with van der Waals surface area (Å²) >= 11 is 0. The van der Waals surface area contributed by atoms with Gasteiger partial charge in [0.1, 0.15) is 5.82 Å². The molecule has 0 aliphatic heterocycles. The Kier molecular flexibility index (Phi) is 5.28. The molecule has 8 aromatic rings. The van der Waals surface area contributed by atoms with Crippen LogP contribution in [0.2, 0.25) is 0 Å². The van der Waals surface area contributed by atoms with Crippen molar-refractivity contribution in [2.75, 3.05) is 0 Å². The number of hydrogen-bond donors (Lipinski definition) is 0. The first-order chi connectivity index (χ1) is 20.3. The molecule has 4 aromatic carbocycles. The van der Waals surface area contributed by atoms with Crippen LogP contribution in [-0.2, 0) is 7.05 Å². The van der Waals surface area contributed by atoms with Crippen LogP contribution in [0.1, 0.15) is 0 Å². The Balaban J connectivity index is 1.35. The Morgan fingerprint density at radius 3 is 2.34 bits per heavy atom. The molecule has 0 fully saturated rings. The van der Waals surface area contributed by atoms with E-state index >= 15 is 0 Å². The van der Waals surface area contributed by atoms with Crippen molar-refractivity contribution in [3.63, 3.8) is 0 Å². The van der Waals surface area contributed by atoms with E-state index in [1.54, 1.807) is 6.20 Å². The summed E-state index contributed by atoms with van der Waals surface area (Å²) in [4.78, 5) is 14.0. The zero-order valence-electron chi connectivity index (χ0n) is 22.4. The summed E-state index contributed by atoms with van der Waals surface area (Å²) < 4.78 is 4.55. The van der Waals surface area contributed by atoms with Crippen molar-refractivity contribution >= 4 is 32.8 Å². The minimum Gasteiger partial charge on any atom is -0.327 e. The van der Waals surface area contributed by atoms with E-state index < -0.39 is 0 Å². The summed E-state index contributed by atoms with van der Waals surface area (Å²) in [7, 11) is 2.10. The van der Waals surface area contributed by atoms with Crippen molar-refractivity contribution in [3.05, 3.63) is 134 Å². The minimum atomic E-state index is 0.928. The van der Waals surface area contributed by atoms with Gasteiger partial charge in [-0.25, -0.2) is 4.98 Å². The first kappa shape index (κ1) is 23.3. The van der Waals surface area contributed by atoms with Crippen LogP contribution in [0, 0.1) is 0 Å². The van der Waals surface area contributed by atoms with Crippen molar-refractivity contribution in [3.8, 4) is 39.5 Å². The molecule has 0 amide bonds. The number of imidazole rings is 1. The molecule has 8 rings (SSSR count). The second-order valence-electron chi connectivity index (χ2n) is 10.3. The van der Waals surface area contributed by atoms with E-state index in [1.165, 1.54) is 16.3 Å². The lowest BCUT2D eigenvalue weighted by molar-refractivity contribution is 0.960. The summed E-state index contributed by atoms with van der Waals surface area (Å²) in [5.74, 6) is 0.928. The van der Waals surface area contributed by atoms with Crippen LogP contribution < -0.4 is 0 Å². The molecule has 0 aliphatic carbocycles. The number of rotatable bonds is 4. The molecule has 4 heterocycles. The van der Waals surface area contributed by atoms with Gasteiger partial charge in [0.25, 0.3) is 0 Å². The molecule has 5 heteroatoms. The normalized spacial score (nSPS) is 11.5. The smallest absolute Gasteiger partial charge is 0.140 e. The fraction of sp³-hybridized carbons (Fsp3) is 0.0278. The van der Waals surface area contributed by atoms with Gasteiger partial charge in [-0.05, 0) is 48.5 Å². The van der Waals surface area contributed by atoms with Crippen molar-refractivity contribution in [1.82, 2.24) is 24.1 Å². The molecule has 4 aromatic heterocycles. The van der Waals surface area contributed by atoms with Gasteiger partial charge in [-0.15, -0.1) is 0 Å². The van der Waals surface area contributed by atoms with Gasteiger partial charge < -0.3 is 9.13 Å². The molecule has 0 aliphatic rings. The fourth-order valence-electron chi connectivity index (χ4n) is 6.01. The molecule has 41 heavy (non-hydrogen) atoms. The largest absolute Gasteiger partial charge is 0.327 e. The lowest BCUT2D eigenvalue weighted by Gasteiger charge is -2.11. The van der Waals surface area contributed by atoms with E-state index in [2.05, 4.69) is 123 Å². The van der Waals surface area contributed by atoms with Crippen LogP contribution in [0.3, 0.4) is 0 Å². The zero-order chi connectivity index (χ0) is 27.3. The molecular weight excluding hydrogens is 502 g/mol. The van der Waals surface area contributed by atoms with Crippen molar-refractivity contribution < 1.29 is 0 Å². The number of benzene rings is 4. The van der Waals surface area contributed by atoms with E-state index in [0.717, 1.165) is 56.0 Å². The maximum atomic E-state index is 5.11. The maximum absolute atomic E-state index is 5.11. The van der Waals surface area contributed by atoms with Gasteiger partial charge >= 0.3 is 0 Å². The fourth-order valence-corrected chi connectivity index (χ4v) is 6.01. The predicted molar refractivity (Wildman–Crippen MR) is 167 cm³/mol. The molecule has 194 valence electrons. The first-order valence-electron chi connectivity index (χ1n) is 13.7. The predicted octanol–water partition coefficient (Wildman–Crippen LogP) is 8.46. The Morgan fingerprint density at radius 1 is 0.610 bits per heavy atom. The van der Waals surface area contributed by atoms with Crippen molar-refractivity contribution in [2.45, 2.75) is 0 Å². The van der Waals surface area contributed by atoms with Crippen LogP contribution in [0.15, 0.2) is 134 Å². The van der Waals surface area contributed by atoms with Crippen LogP contribution in [0.4, 0.5) is 0 Å². The van der Waals surface area contributed by atoms with Gasteiger partial charge in [-0.2, -0.15) is 0 Å². The van der Waals surface area contributed by atoms with Crippen LogP contribution in [0.25, 0.3) is 72.3 Å². The van der Waals surface area contributed by atoms with Gasteiger partial charge in [-0.1, -0.05) is 66.7 Å². The molecule has 0 unspecified atom stereocenters. The highest BCUT2D eigenvalue weighted by atomic mass is 15.1. The highest BCUT2D eigenvalue weighted by molar-refractivity contribution is 6.10. The Morgan fingerprint density at radius 2 is 1.46 bits per heavy atom. The average molecular weight is 528 g/mol. The number of hydrogen-bond acceptors (Lipinski definition) is 3. The zero-order valence-corrected chi connectivity index (χ0v) is 22.4. The molecule has 0 N–H and O–H groups in total. The van der Waals surface area contributed by atoms with Crippen molar-refractivity contribution in [2.24, 2.45) is 7.05 Å². The summed E-state index contributed by atoms with van der Waals surface area (Å²) in [6.07, 6.45) is 5.55. The van der Waals surface area contributed by atoms with Crippen LogP contribution in [-0.4, -0.2) is 24.1 Å². The third kappa shape index (κ3) is 3.74. The van der Waals surface area contributed by atoms with E-state index in [-0.39, 0.29) is 0 Å². The SMILES string of the molecule is Cn1c(-c2ccc3c4ccccc4n(-c4cccc(-c5ccccn5)c4)c3c2)nc2cccc(-c3cccnc3)c21. The topological polar surface area (TPSA) is 48.5 Å². The second kappa shape index (κ2) is 9.28. The number of pyridine rings is 2. The highest BCUT2D eigenvalue weighted by Crippen LogP contribution is 2.37. The van der Waals surface area contributed by atoms with Gasteiger partial charge in [0, 0.05) is 64.4 Å². The summed E-state index contributed by atoms with van der Waals surface area (Å²) in [6.45, 7) is 0. The molecular formula is C36H25N5. The van der Waals surface area contributed by atoms with Gasteiger partial charge in [0.05, 0.1) is 27.8 Å². The lowest BCUT2D eigenvalue weighted by Crippen LogP contribution is -1.96. The van der Waals surface area contributed by atoms with Crippen LogP contribution >= 0.6 is 0 Å². The van der Waals surface area contributed by atoms with E-state index in [1.807, 2.05) is 30.6 Å². The summed E-state index contributed by atoms with van der Waals surface area (Å²) in [6, 6.07) is 40.3. The Bertz CT molecular complexity index is 2210. The molecule has 0 atom stereocenters. The summed E-state index contributed by atoms with van der Waals surface area (Å²) in [5.41, 5.74) is 10.8. The number of para-hydroxylation sites is 2. The van der Waals surface area contributed by atoms with Crippen LogP contribution in [0.5, 0.6) is 0 Å². The highest BCUT2D eigenvalue weighted by Gasteiger charge is 2.18. The molecule has 5 nitrogen and oxygen atoms in total. The van der Waals surface area contributed by atoms with Gasteiger partial charge in [0.15, 0.2) is 0 Å². The van der Waals surface area contributed by atoms with E-state index in [9.17, 15) is 0 Å². The number of aromatic nitrogens is 5. The Labute approximate surface area is 237 Å². The molecule has 0 radical (unpaired) electrons. The quantitative estimate of drug-likeness (QED) is 0.231. The molecule has 0 saturated carbocycles. The number of aryl methyl sites for hydroxylation is 1. The maximum Gasteiger partial charge on any atom is 0.140 e. The third-order valence-corrected chi connectivity index (χ3v) is 7.86. The molecule has 0 spiro atoms. The van der Waals surface area contributed by atoms with Crippen molar-refractivity contribution in [1.29, 1.82) is 0 Å². The van der Waals surface area contributed by atoms with E-state index in [0.29, 0.717) is 0 Å². The van der Waals surface area contributed by atoms with Gasteiger partial charge in [0.2, 0.25) is 0 Å². The van der Waals surface area contributed by atoms with Gasteiger partial charge in [-0.3, -0.25) is 9.97 Å². The first-order valence-corrected chi connectivity index (χ1v) is 13.7. The third-order valence-electron chi connectivity index (χ3n) is 7.86. The number of fused-ring (bicyclic) bond motifs is 4. The Hall–Kier alpha value is -5.55. The lowest BCUT2D eigenvalue weighted by atomic mass is 10.1. The minimum absolute atomic E-state index is 0.928. The second-order valence-corrected chi connectivity index (χ2v) is 10.3. The summed E-state index contributed by atoms with van der Waals surface area (Å²) in [5, 5.41) is 2.43. The number of nitrogens with zero attached hydrogens (tertiary/aromatic N) is 5. The molecule has 0 bridgehead atoms. The average Bonchev–Trinajstić information content (AvgIpc) is 3.56.